The zero-order valence-corrected chi connectivity index (χ0v) is 20.6. The topological polar surface area (TPSA) is 240 Å². The maximum atomic E-state index is 13.0. The first kappa shape index (κ1) is 28.2. The van der Waals surface area contributed by atoms with Gasteiger partial charge in [-0.25, -0.2) is 0 Å². The van der Waals surface area contributed by atoms with Crippen LogP contribution in [0.2, 0.25) is 0 Å². The van der Waals surface area contributed by atoms with E-state index < -0.39 is 78.7 Å². The zero-order chi connectivity index (χ0) is 28.9. The van der Waals surface area contributed by atoms with Crippen molar-refractivity contribution in [3.8, 4) is 28.6 Å². The average molecular weight is 564 g/mol. The maximum Gasteiger partial charge on any atom is 0.228 e. The van der Waals surface area contributed by atoms with Crippen LogP contribution in [0.3, 0.4) is 0 Å². The number of rotatable bonds is 5. The fourth-order valence-electron chi connectivity index (χ4n) is 4.79. The van der Waals surface area contributed by atoms with E-state index in [-0.39, 0.29) is 34.6 Å². The molecule has 0 aliphatic carbocycles. The van der Waals surface area contributed by atoms with E-state index in [4.69, 9.17) is 18.6 Å². The fourth-order valence-corrected chi connectivity index (χ4v) is 4.79. The minimum Gasteiger partial charge on any atom is -0.507 e. The van der Waals surface area contributed by atoms with Crippen LogP contribution in [0, 0.1) is 0 Å². The van der Waals surface area contributed by atoms with Gasteiger partial charge in [-0.1, -0.05) is 0 Å². The minimum absolute atomic E-state index is 0.0348. The van der Waals surface area contributed by atoms with Crippen LogP contribution in [0.25, 0.3) is 22.3 Å². The summed E-state index contributed by atoms with van der Waals surface area (Å²) in [6, 6.07) is 7.79. The second kappa shape index (κ2) is 10.9. The van der Waals surface area contributed by atoms with Gasteiger partial charge in [-0.2, -0.15) is 0 Å². The molecule has 0 spiro atoms. The summed E-state index contributed by atoms with van der Waals surface area (Å²) in [5, 5.41) is 90.7. The van der Waals surface area contributed by atoms with E-state index in [0.717, 1.165) is 12.1 Å². The largest absolute Gasteiger partial charge is 0.507 e. The van der Waals surface area contributed by atoms with Crippen LogP contribution in [0.1, 0.15) is 11.7 Å². The van der Waals surface area contributed by atoms with E-state index in [1.54, 1.807) is 0 Å². The Kier molecular flexibility index (Phi) is 7.71. The van der Waals surface area contributed by atoms with Crippen molar-refractivity contribution in [1.29, 1.82) is 0 Å². The molecule has 9 N–H and O–H groups in total. The number of phenolic OH excluding ortho intramolecular Hbond substituents is 2. The van der Waals surface area contributed by atoms with Crippen molar-refractivity contribution in [2.24, 2.45) is 0 Å². The van der Waals surface area contributed by atoms with Crippen molar-refractivity contribution in [2.45, 2.75) is 55.1 Å². The van der Waals surface area contributed by atoms with Gasteiger partial charge in [0.15, 0.2) is 11.0 Å². The number of aliphatic hydroxyl groups is 7. The number of hydrogen-bond acceptors (Lipinski definition) is 14. The van der Waals surface area contributed by atoms with Crippen LogP contribution in [0.15, 0.2) is 45.6 Å². The molecule has 0 bridgehead atoms. The van der Waals surface area contributed by atoms with Gasteiger partial charge in [0.1, 0.15) is 77.2 Å². The molecule has 216 valence electrons. The van der Waals surface area contributed by atoms with Crippen LogP contribution in [0.4, 0.5) is 0 Å². The predicted molar refractivity (Wildman–Crippen MR) is 132 cm³/mol. The normalized spacial score (nSPS) is 32.7. The molecule has 14 heteroatoms. The lowest BCUT2D eigenvalue weighted by Crippen LogP contribution is -2.55. The molecule has 3 aromatic rings. The summed E-state index contributed by atoms with van der Waals surface area (Å²) in [7, 11) is 0. The third-order valence-corrected chi connectivity index (χ3v) is 7.02. The summed E-state index contributed by atoms with van der Waals surface area (Å²) < 4.78 is 22.2. The zero-order valence-electron chi connectivity index (χ0n) is 20.6. The first-order valence-electron chi connectivity index (χ1n) is 12.3. The molecule has 0 amide bonds. The van der Waals surface area contributed by atoms with E-state index in [0.29, 0.717) is 5.56 Å². The summed E-state index contributed by atoms with van der Waals surface area (Å²) in [5.41, 5.74) is -1.05. The lowest BCUT2D eigenvalue weighted by molar-refractivity contribution is -0.242. The third-order valence-electron chi connectivity index (χ3n) is 7.02. The van der Waals surface area contributed by atoms with E-state index >= 15 is 0 Å². The number of hydrogen-bond donors (Lipinski definition) is 9. The van der Waals surface area contributed by atoms with Crippen LogP contribution < -0.4 is 10.2 Å². The van der Waals surface area contributed by atoms with E-state index in [1.807, 2.05) is 0 Å². The van der Waals surface area contributed by atoms with Crippen molar-refractivity contribution >= 4 is 11.0 Å². The summed E-state index contributed by atoms with van der Waals surface area (Å²) >= 11 is 0. The van der Waals surface area contributed by atoms with E-state index in [9.17, 15) is 50.8 Å². The van der Waals surface area contributed by atoms with Gasteiger partial charge in [0.05, 0.1) is 18.8 Å². The van der Waals surface area contributed by atoms with Crippen molar-refractivity contribution in [2.75, 3.05) is 13.2 Å². The second-order valence-electron chi connectivity index (χ2n) is 9.65. The number of benzene rings is 2. The third kappa shape index (κ3) is 4.89. The van der Waals surface area contributed by atoms with Gasteiger partial charge in [0.25, 0.3) is 0 Å². The molecule has 0 saturated carbocycles. The number of aromatic hydroxyl groups is 2. The van der Waals surface area contributed by atoms with Crippen LogP contribution >= 0.6 is 0 Å². The number of aliphatic hydroxyl groups excluding tert-OH is 7. The second-order valence-corrected chi connectivity index (χ2v) is 9.65. The molecule has 2 fully saturated rings. The van der Waals surface area contributed by atoms with Crippen molar-refractivity contribution in [3.63, 3.8) is 0 Å². The van der Waals surface area contributed by atoms with Crippen LogP contribution in [-0.4, -0.2) is 108 Å². The van der Waals surface area contributed by atoms with Gasteiger partial charge >= 0.3 is 0 Å². The standard InChI is InChI=1S/C26H28O14/c27-7-16-20(33)21(34)22(35)25(40-16)18-12(29)5-11(28)17-13(30)6-15(39-24(17)18)9-1-3-10(4-2-9)38-26-23(36)19(32)14(31)8-37-26/h1-6,14,16,19-23,25-29,31-36H,7-8H2. The molecular weight excluding hydrogens is 536 g/mol. The molecule has 40 heavy (non-hydrogen) atoms. The molecule has 9 atom stereocenters. The van der Waals surface area contributed by atoms with E-state index in [2.05, 4.69) is 0 Å². The van der Waals surface area contributed by atoms with Crippen molar-refractivity contribution in [1.82, 2.24) is 0 Å². The molecule has 14 nitrogen and oxygen atoms in total. The van der Waals surface area contributed by atoms with Gasteiger partial charge in [0.2, 0.25) is 6.29 Å². The van der Waals surface area contributed by atoms with Crippen molar-refractivity contribution < 1.29 is 64.6 Å². The Balaban J connectivity index is 1.52. The maximum absolute atomic E-state index is 13.0. The average Bonchev–Trinajstić information content (AvgIpc) is 2.93. The molecular formula is C26H28O14. The molecule has 2 saturated heterocycles. The Morgan fingerprint density at radius 2 is 1.55 bits per heavy atom. The molecule has 2 aliphatic rings. The highest BCUT2D eigenvalue weighted by molar-refractivity contribution is 5.89. The summed E-state index contributed by atoms with van der Waals surface area (Å²) in [6.45, 7) is -0.982. The molecule has 5 rings (SSSR count). The smallest absolute Gasteiger partial charge is 0.228 e. The Hall–Kier alpha value is -3.31. The summed E-state index contributed by atoms with van der Waals surface area (Å²) in [4.78, 5) is 13.0. The first-order chi connectivity index (χ1) is 19.0. The molecule has 2 aliphatic heterocycles. The fraction of sp³-hybridized carbons (Fsp3) is 0.423. The highest BCUT2D eigenvalue weighted by atomic mass is 16.7. The van der Waals surface area contributed by atoms with Gasteiger partial charge < -0.3 is 64.6 Å². The molecule has 2 aromatic carbocycles. The lowest BCUT2D eigenvalue weighted by Gasteiger charge is -2.40. The molecule has 1 aromatic heterocycles. The highest BCUT2D eigenvalue weighted by Gasteiger charge is 2.46. The van der Waals surface area contributed by atoms with Gasteiger partial charge in [0, 0.05) is 17.7 Å². The molecule has 0 radical (unpaired) electrons. The summed E-state index contributed by atoms with van der Waals surface area (Å²) in [5.74, 6) is -1.09. The Labute approximate surface area is 225 Å². The Morgan fingerprint density at radius 3 is 2.23 bits per heavy atom. The lowest BCUT2D eigenvalue weighted by atomic mass is 9.89. The van der Waals surface area contributed by atoms with Gasteiger partial charge in [-0.3, -0.25) is 4.79 Å². The van der Waals surface area contributed by atoms with E-state index in [1.165, 1.54) is 24.3 Å². The minimum atomic E-state index is -1.81. The van der Waals surface area contributed by atoms with Gasteiger partial charge in [-0.05, 0) is 24.3 Å². The molecule has 9 unspecified atom stereocenters. The SMILES string of the molecule is O=c1cc(-c2ccc(OC3OCC(O)C(O)C3O)cc2)oc2c(C3OC(CO)C(O)C(O)C3O)c(O)cc(O)c12. The van der Waals surface area contributed by atoms with Crippen LogP contribution in [-0.2, 0) is 9.47 Å². The van der Waals surface area contributed by atoms with Gasteiger partial charge in [-0.15, -0.1) is 0 Å². The van der Waals surface area contributed by atoms with Crippen LogP contribution in [0.5, 0.6) is 17.2 Å². The predicted octanol–water partition coefficient (Wildman–Crippen LogP) is -1.80. The number of phenols is 2. The quantitative estimate of drug-likeness (QED) is 0.166. The van der Waals surface area contributed by atoms with Crippen molar-refractivity contribution in [3.05, 3.63) is 52.2 Å². The Morgan fingerprint density at radius 1 is 0.850 bits per heavy atom. The first-order valence-corrected chi connectivity index (χ1v) is 12.3. The summed E-state index contributed by atoms with van der Waals surface area (Å²) in [6.07, 6.45) is -13.6. The Bertz CT molecular complexity index is 1420. The monoisotopic (exact) mass is 564 g/mol. The highest BCUT2D eigenvalue weighted by Crippen LogP contribution is 2.43. The molecule has 3 heterocycles. The number of fused-ring (bicyclic) bond motifs is 1. The number of ether oxygens (including phenoxy) is 3.